The Morgan fingerprint density at radius 2 is 1.94 bits per heavy atom. The quantitative estimate of drug-likeness (QED) is 0.877. The Morgan fingerprint density at radius 3 is 2.61 bits per heavy atom. The predicted octanol–water partition coefficient (Wildman–Crippen LogP) is 2.71. The third-order valence-electron chi connectivity index (χ3n) is 3.44. The highest BCUT2D eigenvalue weighted by atomic mass is 15.1. The van der Waals surface area contributed by atoms with Crippen LogP contribution in [0.15, 0.2) is 42.9 Å². The van der Waals surface area contributed by atoms with Crippen molar-refractivity contribution >= 4 is 0 Å². The van der Waals surface area contributed by atoms with Crippen LogP contribution in [0.5, 0.6) is 0 Å². The summed E-state index contributed by atoms with van der Waals surface area (Å²) >= 11 is 0. The van der Waals surface area contributed by atoms with Crippen LogP contribution in [0.2, 0.25) is 0 Å². The Morgan fingerprint density at radius 1 is 1.22 bits per heavy atom. The van der Waals surface area contributed by atoms with Gasteiger partial charge in [0.15, 0.2) is 0 Å². The van der Waals surface area contributed by atoms with Crippen LogP contribution in [0.1, 0.15) is 31.5 Å². The number of aromatic nitrogens is 2. The molecule has 0 spiro atoms. The molecule has 3 heteroatoms. The van der Waals surface area contributed by atoms with Crippen LogP contribution >= 0.6 is 0 Å². The number of hydrogen-bond donors (Lipinski definition) is 1. The van der Waals surface area contributed by atoms with Crippen molar-refractivity contribution < 1.29 is 0 Å². The van der Waals surface area contributed by atoms with Gasteiger partial charge >= 0.3 is 0 Å². The zero-order valence-electron chi connectivity index (χ0n) is 11.1. The largest absolute Gasteiger partial charge is 0.328 e. The van der Waals surface area contributed by atoms with Crippen LogP contribution in [0.25, 0.3) is 0 Å². The van der Waals surface area contributed by atoms with Crippen LogP contribution in [0, 0.1) is 0 Å². The Hall–Kier alpha value is -1.61. The summed E-state index contributed by atoms with van der Waals surface area (Å²) in [4.78, 5) is 4.20. The molecule has 0 unspecified atom stereocenters. The van der Waals surface area contributed by atoms with Crippen molar-refractivity contribution in [1.29, 1.82) is 0 Å². The summed E-state index contributed by atoms with van der Waals surface area (Å²) in [6.07, 6.45) is 5.87. The second-order valence-corrected chi connectivity index (χ2v) is 5.26. The van der Waals surface area contributed by atoms with Gasteiger partial charge in [-0.2, -0.15) is 0 Å². The van der Waals surface area contributed by atoms with Crippen LogP contribution in [-0.4, -0.2) is 9.55 Å². The van der Waals surface area contributed by atoms with Gasteiger partial charge in [0.1, 0.15) is 0 Å². The van der Waals surface area contributed by atoms with E-state index in [1.807, 2.05) is 12.5 Å². The lowest BCUT2D eigenvalue weighted by molar-refractivity contribution is 0.319. The summed E-state index contributed by atoms with van der Waals surface area (Å²) in [5.74, 6) is 0. The number of nitrogens with zero attached hydrogens (tertiary/aromatic N) is 2. The summed E-state index contributed by atoms with van der Waals surface area (Å²) in [5.41, 5.74) is 8.25. The maximum atomic E-state index is 5.74. The maximum Gasteiger partial charge on any atom is 0.0953 e. The van der Waals surface area contributed by atoms with E-state index in [0.717, 1.165) is 18.5 Å². The molecule has 1 aromatic heterocycles. The van der Waals surface area contributed by atoms with Crippen LogP contribution in [-0.2, 0) is 18.5 Å². The first-order chi connectivity index (χ1) is 8.63. The average Bonchev–Trinajstić information content (AvgIpc) is 2.87. The topological polar surface area (TPSA) is 43.8 Å². The average molecular weight is 243 g/mol. The number of hydrogen-bond acceptors (Lipinski definition) is 2. The molecule has 0 atom stereocenters. The monoisotopic (exact) mass is 243 g/mol. The summed E-state index contributed by atoms with van der Waals surface area (Å²) in [5, 5.41) is 0. The normalized spacial score (nSPS) is 11.7. The van der Waals surface area contributed by atoms with Crippen molar-refractivity contribution in [3.63, 3.8) is 0 Å². The molecule has 0 aliphatic heterocycles. The second-order valence-electron chi connectivity index (χ2n) is 5.26. The van der Waals surface area contributed by atoms with E-state index in [2.05, 4.69) is 53.7 Å². The van der Waals surface area contributed by atoms with Gasteiger partial charge < -0.3 is 10.3 Å². The van der Waals surface area contributed by atoms with Gasteiger partial charge in [-0.3, -0.25) is 0 Å². The lowest BCUT2D eigenvalue weighted by atomic mass is 9.94. The number of imidazole rings is 1. The zero-order chi connectivity index (χ0) is 13.0. The molecule has 0 radical (unpaired) electrons. The van der Waals surface area contributed by atoms with Crippen molar-refractivity contribution in [3.8, 4) is 0 Å². The molecule has 96 valence electrons. The van der Waals surface area contributed by atoms with Gasteiger partial charge in [-0.25, -0.2) is 4.98 Å². The van der Waals surface area contributed by atoms with Gasteiger partial charge in [-0.1, -0.05) is 30.3 Å². The zero-order valence-corrected chi connectivity index (χ0v) is 11.1. The second kappa shape index (κ2) is 5.36. The molecule has 0 fully saturated rings. The highest BCUT2D eigenvalue weighted by molar-refractivity contribution is 5.15. The summed E-state index contributed by atoms with van der Waals surface area (Å²) in [6, 6.07) is 10.6. The minimum atomic E-state index is 0.0427. The van der Waals surface area contributed by atoms with E-state index in [0.29, 0.717) is 6.54 Å². The highest BCUT2D eigenvalue weighted by Gasteiger charge is 2.21. The van der Waals surface area contributed by atoms with Crippen LogP contribution in [0.4, 0.5) is 0 Å². The van der Waals surface area contributed by atoms with Gasteiger partial charge in [0.2, 0.25) is 0 Å². The van der Waals surface area contributed by atoms with E-state index < -0.39 is 0 Å². The van der Waals surface area contributed by atoms with Crippen LogP contribution in [0.3, 0.4) is 0 Å². The fourth-order valence-corrected chi connectivity index (χ4v) is 2.23. The third kappa shape index (κ3) is 2.79. The molecule has 0 aliphatic rings. The molecule has 2 aromatic rings. The van der Waals surface area contributed by atoms with Crippen molar-refractivity contribution in [2.75, 3.05) is 0 Å². The number of benzene rings is 1. The first kappa shape index (κ1) is 12.8. The molecule has 0 aliphatic carbocycles. The lowest BCUT2D eigenvalue weighted by Crippen LogP contribution is -2.28. The molecule has 1 aromatic carbocycles. The van der Waals surface area contributed by atoms with E-state index in [-0.39, 0.29) is 5.54 Å². The number of rotatable bonds is 5. The van der Waals surface area contributed by atoms with E-state index in [1.165, 1.54) is 5.56 Å². The molecule has 2 N–H and O–H groups in total. The summed E-state index contributed by atoms with van der Waals surface area (Å²) in [6.45, 7) is 5.00. The number of nitrogens with two attached hydrogens (primary N) is 1. The molecule has 3 nitrogen and oxygen atoms in total. The Labute approximate surface area is 109 Å². The lowest BCUT2D eigenvalue weighted by Gasteiger charge is -2.28. The molecule has 2 rings (SSSR count). The van der Waals surface area contributed by atoms with Crippen molar-refractivity contribution in [2.24, 2.45) is 5.73 Å². The molecule has 0 saturated carbocycles. The Kier molecular flexibility index (Phi) is 3.82. The molecule has 18 heavy (non-hydrogen) atoms. The van der Waals surface area contributed by atoms with E-state index in [4.69, 9.17) is 5.73 Å². The van der Waals surface area contributed by atoms with Crippen molar-refractivity contribution in [2.45, 2.75) is 38.8 Å². The van der Waals surface area contributed by atoms with E-state index in [1.54, 1.807) is 0 Å². The fraction of sp³-hybridized carbons (Fsp3) is 0.400. The standard InChI is InChI=1S/C15H21N3/c1-15(2,18-12-17-11-14(18)10-16)9-8-13-6-4-3-5-7-13/h3-7,11-12H,8-10,16H2,1-2H3. The summed E-state index contributed by atoms with van der Waals surface area (Å²) in [7, 11) is 0. The van der Waals surface area contributed by atoms with Gasteiger partial charge in [0, 0.05) is 18.3 Å². The van der Waals surface area contributed by atoms with Gasteiger partial charge in [0.25, 0.3) is 0 Å². The van der Waals surface area contributed by atoms with Gasteiger partial charge in [-0.15, -0.1) is 0 Å². The highest BCUT2D eigenvalue weighted by Crippen LogP contribution is 2.23. The first-order valence-corrected chi connectivity index (χ1v) is 6.39. The van der Waals surface area contributed by atoms with Crippen molar-refractivity contribution in [3.05, 3.63) is 54.1 Å². The molecular formula is C15H21N3. The molecular weight excluding hydrogens is 222 g/mol. The SMILES string of the molecule is CC(C)(CCc1ccccc1)n1cncc1CN. The maximum absolute atomic E-state index is 5.74. The minimum Gasteiger partial charge on any atom is -0.328 e. The molecule has 0 saturated heterocycles. The minimum absolute atomic E-state index is 0.0427. The molecule has 1 heterocycles. The van der Waals surface area contributed by atoms with E-state index in [9.17, 15) is 0 Å². The Bertz CT molecular complexity index is 485. The third-order valence-corrected chi connectivity index (χ3v) is 3.44. The van der Waals surface area contributed by atoms with Crippen LogP contribution < -0.4 is 5.73 Å². The van der Waals surface area contributed by atoms with Gasteiger partial charge in [0.05, 0.1) is 12.0 Å². The first-order valence-electron chi connectivity index (χ1n) is 6.39. The number of aryl methyl sites for hydroxylation is 1. The predicted molar refractivity (Wildman–Crippen MR) is 74.2 cm³/mol. The molecule has 0 bridgehead atoms. The fourth-order valence-electron chi connectivity index (χ4n) is 2.23. The summed E-state index contributed by atoms with van der Waals surface area (Å²) < 4.78 is 2.19. The van der Waals surface area contributed by atoms with Gasteiger partial charge in [-0.05, 0) is 32.3 Å². The Balaban J connectivity index is 2.08. The smallest absolute Gasteiger partial charge is 0.0953 e. The van der Waals surface area contributed by atoms with Crippen molar-refractivity contribution in [1.82, 2.24) is 9.55 Å². The van der Waals surface area contributed by atoms with E-state index >= 15 is 0 Å². The molecule has 0 amide bonds.